The van der Waals surface area contributed by atoms with Gasteiger partial charge in [0.25, 0.3) is 0 Å². The fourth-order valence-corrected chi connectivity index (χ4v) is 2.35. The molecule has 2 N–H and O–H groups in total. The molecule has 0 aliphatic heterocycles. The van der Waals surface area contributed by atoms with Gasteiger partial charge in [-0.2, -0.15) is 5.10 Å². The van der Waals surface area contributed by atoms with Crippen LogP contribution in [-0.2, 0) is 11.2 Å². The number of aromatic carboxylic acids is 1. The zero-order valence-corrected chi connectivity index (χ0v) is 14.1. The smallest absolute Gasteiger partial charge is 0.335 e. The Balaban J connectivity index is 1.57. The first kappa shape index (κ1) is 18.1. The van der Waals surface area contributed by atoms with E-state index < -0.39 is 5.97 Å². The van der Waals surface area contributed by atoms with E-state index in [2.05, 4.69) is 10.5 Å². The van der Waals surface area contributed by atoms with Crippen LogP contribution in [0.3, 0.4) is 0 Å². The predicted octanol–water partition coefficient (Wildman–Crippen LogP) is 3.48. The topological polar surface area (TPSA) is 91.9 Å². The Labute approximate surface area is 153 Å². The summed E-state index contributed by atoms with van der Waals surface area (Å²) >= 11 is 0. The molecule has 0 aliphatic carbocycles. The summed E-state index contributed by atoms with van der Waals surface area (Å²) in [6.07, 6.45) is 1.44. The molecule has 3 aromatic rings. The number of hydrazone groups is 1. The lowest BCUT2D eigenvalue weighted by molar-refractivity contribution is -0.120. The molecule has 1 aromatic heterocycles. The van der Waals surface area contributed by atoms with Gasteiger partial charge in [0.15, 0.2) is 0 Å². The van der Waals surface area contributed by atoms with Gasteiger partial charge >= 0.3 is 5.97 Å². The van der Waals surface area contributed by atoms with Crippen LogP contribution in [-0.4, -0.2) is 23.2 Å². The van der Waals surface area contributed by atoms with Crippen molar-refractivity contribution in [2.24, 2.45) is 5.10 Å². The van der Waals surface area contributed by atoms with Crippen molar-refractivity contribution in [3.63, 3.8) is 0 Å². The van der Waals surface area contributed by atoms with E-state index in [-0.39, 0.29) is 23.7 Å². The van der Waals surface area contributed by atoms with Gasteiger partial charge in [-0.25, -0.2) is 14.6 Å². The van der Waals surface area contributed by atoms with Crippen LogP contribution < -0.4 is 5.43 Å². The van der Waals surface area contributed by atoms with Gasteiger partial charge < -0.3 is 9.52 Å². The second kappa shape index (κ2) is 8.09. The molecular weight excluding hydrogens is 351 g/mol. The fourth-order valence-electron chi connectivity index (χ4n) is 2.35. The third kappa shape index (κ3) is 4.88. The van der Waals surface area contributed by atoms with E-state index in [0.29, 0.717) is 17.1 Å². The summed E-state index contributed by atoms with van der Waals surface area (Å²) in [7, 11) is 0. The molecule has 3 rings (SSSR count). The van der Waals surface area contributed by atoms with Crippen molar-refractivity contribution in [3.05, 3.63) is 83.4 Å². The molecule has 0 bridgehead atoms. The molecule has 0 saturated carbocycles. The highest BCUT2D eigenvalue weighted by atomic mass is 19.1. The number of amides is 1. The lowest BCUT2D eigenvalue weighted by atomic mass is 10.1. The lowest BCUT2D eigenvalue weighted by Crippen LogP contribution is -2.19. The number of rotatable bonds is 6. The zero-order chi connectivity index (χ0) is 19.2. The minimum absolute atomic E-state index is 0.0803. The van der Waals surface area contributed by atoms with E-state index in [9.17, 15) is 14.0 Å². The van der Waals surface area contributed by atoms with E-state index in [0.717, 1.165) is 5.56 Å². The first-order valence-electron chi connectivity index (χ1n) is 8.01. The Morgan fingerprint density at radius 1 is 1.04 bits per heavy atom. The standard InChI is InChI=1S/C20H15FN2O4/c21-16-7-1-13(2-8-16)11-19(24)23-22-12-17-9-10-18(27-17)14-3-5-15(6-4-14)20(25)26/h1-10,12H,11H2,(H,23,24)(H,25,26)/b22-12+. The molecule has 1 amide bonds. The minimum atomic E-state index is -0.995. The number of hydrogen-bond donors (Lipinski definition) is 2. The first-order valence-corrected chi connectivity index (χ1v) is 8.01. The SMILES string of the molecule is O=C(Cc1ccc(F)cc1)N/N=C/c1ccc(-c2ccc(C(=O)O)cc2)o1. The molecule has 2 aromatic carbocycles. The maximum absolute atomic E-state index is 12.8. The first-order chi connectivity index (χ1) is 13.0. The van der Waals surface area contributed by atoms with Gasteiger partial charge in [0, 0.05) is 5.56 Å². The number of carboxylic acid groups (broad SMARTS) is 1. The van der Waals surface area contributed by atoms with Crippen molar-refractivity contribution in [2.75, 3.05) is 0 Å². The summed E-state index contributed by atoms with van der Waals surface area (Å²) in [6.45, 7) is 0. The molecule has 0 atom stereocenters. The van der Waals surface area contributed by atoms with Crippen molar-refractivity contribution < 1.29 is 23.5 Å². The number of nitrogens with one attached hydrogen (secondary N) is 1. The van der Waals surface area contributed by atoms with Crippen LogP contribution in [0.5, 0.6) is 0 Å². The second-order valence-electron chi connectivity index (χ2n) is 5.68. The fraction of sp³-hybridized carbons (Fsp3) is 0.0500. The van der Waals surface area contributed by atoms with Gasteiger partial charge in [-0.05, 0) is 42.0 Å². The van der Waals surface area contributed by atoms with Crippen molar-refractivity contribution in [3.8, 4) is 11.3 Å². The second-order valence-corrected chi connectivity index (χ2v) is 5.68. The number of benzene rings is 2. The Kier molecular flexibility index (Phi) is 5.41. The molecule has 0 saturated heterocycles. The molecule has 7 heteroatoms. The summed E-state index contributed by atoms with van der Waals surface area (Å²) in [5.74, 6) is -0.720. The molecule has 0 unspecified atom stereocenters. The number of halogens is 1. The van der Waals surface area contributed by atoms with Gasteiger partial charge in [-0.1, -0.05) is 24.3 Å². The van der Waals surface area contributed by atoms with Gasteiger partial charge in [-0.3, -0.25) is 4.79 Å². The summed E-state index contributed by atoms with van der Waals surface area (Å²) in [4.78, 5) is 22.7. The highest BCUT2D eigenvalue weighted by molar-refractivity contribution is 5.88. The largest absolute Gasteiger partial charge is 0.478 e. The highest BCUT2D eigenvalue weighted by Gasteiger charge is 2.07. The van der Waals surface area contributed by atoms with Gasteiger partial charge in [-0.15, -0.1) is 0 Å². The number of furan rings is 1. The number of nitrogens with zero attached hydrogens (tertiary/aromatic N) is 1. The molecule has 6 nitrogen and oxygen atoms in total. The van der Waals surface area contributed by atoms with Crippen LogP contribution in [0.2, 0.25) is 0 Å². The minimum Gasteiger partial charge on any atom is -0.478 e. The van der Waals surface area contributed by atoms with Gasteiger partial charge in [0.2, 0.25) is 5.91 Å². The Morgan fingerprint density at radius 2 is 1.74 bits per heavy atom. The van der Waals surface area contributed by atoms with Crippen molar-refractivity contribution in [1.29, 1.82) is 0 Å². The van der Waals surface area contributed by atoms with E-state index in [1.54, 1.807) is 24.3 Å². The zero-order valence-electron chi connectivity index (χ0n) is 14.1. The molecule has 27 heavy (non-hydrogen) atoms. The van der Waals surface area contributed by atoms with Crippen LogP contribution in [0.1, 0.15) is 21.7 Å². The number of carboxylic acids is 1. The molecule has 136 valence electrons. The highest BCUT2D eigenvalue weighted by Crippen LogP contribution is 2.22. The third-order valence-electron chi connectivity index (χ3n) is 3.70. The van der Waals surface area contributed by atoms with Crippen molar-refractivity contribution >= 4 is 18.1 Å². The number of carbonyl (C=O) groups excluding carboxylic acids is 1. The van der Waals surface area contributed by atoms with E-state index in [1.807, 2.05) is 0 Å². The molecule has 0 radical (unpaired) electrons. The average Bonchev–Trinajstić information content (AvgIpc) is 3.12. The average molecular weight is 366 g/mol. The van der Waals surface area contributed by atoms with Crippen molar-refractivity contribution in [1.82, 2.24) is 5.43 Å². The summed E-state index contributed by atoms with van der Waals surface area (Å²) in [5.41, 5.74) is 3.96. The molecule has 0 aliphatic rings. The Hall–Kier alpha value is -3.74. The van der Waals surface area contributed by atoms with Crippen LogP contribution in [0.25, 0.3) is 11.3 Å². The monoisotopic (exact) mass is 366 g/mol. The molecular formula is C20H15FN2O4. The quantitative estimate of drug-likeness (QED) is 0.516. The van der Waals surface area contributed by atoms with Gasteiger partial charge in [0.05, 0.1) is 18.2 Å². The van der Waals surface area contributed by atoms with Crippen molar-refractivity contribution in [2.45, 2.75) is 6.42 Å². The lowest BCUT2D eigenvalue weighted by Gasteiger charge is -2.00. The number of carbonyl (C=O) groups is 2. The maximum atomic E-state index is 12.8. The Morgan fingerprint density at radius 3 is 2.41 bits per heavy atom. The van der Waals surface area contributed by atoms with Crippen LogP contribution in [0.4, 0.5) is 4.39 Å². The van der Waals surface area contributed by atoms with E-state index in [4.69, 9.17) is 9.52 Å². The van der Waals surface area contributed by atoms with Gasteiger partial charge in [0.1, 0.15) is 17.3 Å². The van der Waals surface area contributed by atoms with Crippen LogP contribution in [0.15, 0.2) is 70.2 Å². The summed E-state index contributed by atoms with van der Waals surface area (Å²) < 4.78 is 18.4. The molecule has 0 fully saturated rings. The van der Waals surface area contributed by atoms with Crippen LogP contribution >= 0.6 is 0 Å². The van der Waals surface area contributed by atoms with E-state index in [1.165, 1.54) is 42.6 Å². The number of hydrogen-bond acceptors (Lipinski definition) is 4. The molecule has 1 heterocycles. The predicted molar refractivity (Wildman–Crippen MR) is 96.9 cm³/mol. The van der Waals surface area contributed by atoms with Crippen LogP contribution in [0, 0.1) is 5.82 Å². The molecule has 0 spiro atoms. The van der Waals surface area contributed by atoms with E-state index >= 15 is 0 Å². The Bertz CT molecular complexity index is 976. The summed E-state index contributed by atoms with van der Waals surface area (Å²) in [5, 5.41) is 12.7. The maximum Gasteiger partial charge on any atom is 0.335 e. The third-order valence-corrected chi connectivity index (χ3v) is 3.70. The summed E-state index contributed by atoms with van der Waals surface area (Å²) in [6, 6.07) is 15.3. The normalized spacial score (nSPS) is 10.9.